The molecule has 1 spiro atoms. The van der Waals surface area contributed by atoms with Crippen molar-refractivity contribution in [3.05, 3.63) is 58.1 Å². The molecule has 6 aliphatic rings. The minimum atomic E-state index is -3.94. The van der Waals surface area contributed by atoms with E-state index in [9.17, 15) is 18.3 Å². The van der Waals surface area contributed by atoms with Crippen LogP contribution in [0.25, 0.3) is 0 Å². The predicted octanol–water partition coefficient (Wildman–Crippen LogP) is 5.32. The lowest BCUT2D eigenvalue weighted by atomic mass is 9.63. The number of ether oxygens (including phenoxy) is 2. The Labute approximate surface area is 307 Å². The molecule has 2 aromatic rings. The van der Waals surface area contributed by atoms with E-state index in [2.05, 4.69) is 38.5 Å². The van der Waals surface area contributed by atoms with Gasteiger partial charge in [0.2, 0.25) is 10.0 Å². The summed E-state index contributed by atoms with van der Waals surface area (Å²) in [5.41, 5.74) is 2.11. The lowest BCUT2D eigenvalue weighted by Crippen LogP contribution is -2.52. The van der Waals surface area contributed by atoms with Crippen LogP contribution in [0.15, 0.2) is 36.4 Å². The number of amides is 1. The summed E-state index contributed by atoms with van der Waals surface area (Å²) in [6, 6.07) is 11.5. The van der Waals surface area contributed by atoms with Crippen molar-refractivity contribution in [3.63, 3.8) is 0 Å². The zero-order valence-electron chi connectivity index (χ0n) is 29.6. The highest BCUT2D eigenvalue weighted by molar-refractivity contribution is 7.91. The third kappa shape index (κ3) is 6.67. The van der Waals surface area contributed by atoms with Gasteiger partial charge in [0.05, 0.1) is 30.3 Å². The van der Waals surface area contributed by atoms with E-state index in [1.165, 1.54) is 11.1 Å². The predicted molar refractivity (Wildman–Crippen MR) is 198 cm³/mol. The molecule has 2 saturated carbocycles. The Balaban J connectivity index is 1.15. The van der Waals surface area contributed by atoms with Crippen LogP contribution in [-0.2, 0) is 26.6 Å². The summed E-state index contributed by atoms with van der Waals surface area (Å²) >= 11 is 6.47. The molecule has 0 radical (unpaired) electrons. The number of hydrogen-bond donors (Lipinski definition) is 2. The van der Waals surface area contributed by atoms with Crippen molar-refractivity contribution in [3.8, 4) is 17.6 Å². The van der Waals surface area contributed by atoms with Crippen molar-refractivity contribution >= 4 is 33.2 Å². The largest absolute Gasteiger partial charge is 0.490 e. The first-order valence-electron chi connectivity index (χ1n) is 18.9. The summed E-state index contributed by atoms with van der Waals surface area (Å²) in [4.78, 5) is 18.3. The fraction of sp³-hybridized carbons (Fsp3) is 0.625. The molecule has 8 rings (SSSR count). The summed E-state index contributed by atoms with van der Waals surface area (Å²) in [5.74, 6) is 6.95. The standard InChI is InChI=1S/C40H50ClN3O6S/c1-38-24-31(38)7-5-16-40(46,15-2-3-17-43-18-20-49-21-19-43)34-11-8-30(34)25-44-26-39(14-4-6-28-22-32(41)10-12-33(28)39)27-50-36-13-9-29(23-35(36)44)37(45)42-51(38,47)48/h9-10,12-13,22-23,30-31,34,46H,3-8,11,14,16-21,24-27H2,1H3,(H,42,45)/t30-,31+,34+,38+,39-,40+/m0/s1. The summed E-state index contributed by atoms with van der Waals surface area (Å²) < 4.78 is 40.8. The normalized spacial score (nSPS) is 34.6. The molecule has 3 fully saturated rings. The number of sulfonamides is 1. The summed E-state index contributed by atoms with van der Waals surface area (Å²) in [6.07, 6.45) is 7.80. The zero-order valence-corrected chi connectivity index (χ0v) is 31.2. The first kappa shape index (κ1) is 35.2. The lowest BCUT2D eigenvalue weighted by molar-refractivity contribution is -0.0446. The number of benzene rings is 2. The molecule has 0 aromatic heterocycles. The van der Waals surface area contributed by atoms with Gasteiger partial charge in [0.1, 0.15) is 11.4 Å². The minimum Gasteiger partial charge on any atom is -0.490 e. The van der Waals surface area contributed by atoms with Crippen molar-refractivity contribution in [2.45, 2.75) is 86.9 Å². The van der Waals surface area contributed by atoms with E-state index in [0.717, 1.165) is 75.7 Å². The van der Waals surface area contributed by atoms with Crippen molar-refractivity contribution in [2.24, 2.45) is 17.8 Å². The summed E-state index contributed by atoms with van der Waals surface area (Å²) in [5, 5.41) is 13.2. The van der Waals surface area contributed by atoms with Crippen molar-refractivity contribution in [1.29, 1.82) is 0 Å². The Hall–Kier alpha value is -2.81. The van der Waals surface area contributed by atoms with E-state index in [1.54, 1.807) is 19.1 Å². The van der Waals surface area contributed by atoms with Gasteiger partial charge in [0.15, 0.2) is 0 Å². The number of anilines is 1. The van der Waals surface area contributed by atoms with Crippen LogP contribution >= 0.6 is 11.6 Å². The van der Waals surface area contributed by atoms with E-state index in [1.807, 2.05) is 12.1 Å². The molecule has 2 N–H and O–H groups in total. The Morgan fingerprint density at radius 2 is 1.92 bits per heavy atom. The minimum absolute atomic E-state index is 0.0110. The first-order valence-corrected chi connectivity index (χ1v) is 20.7. The molecule has 2 bridgehead atoms. The molecule has 9 nitrogen and oxygen atoms in total. The number of carbonyl (C=O) groups is 1. The van der Waals surface area contributed by atoms with Gasteiger partial charge in [-0.2, -0.15) is 0 Å². The number of morpholine rings is 1. The maximum atomic E-state index is 13.6. The SMILES string of the molecule is C[C@@]12C[C@H]1CCC[C@](O)(C#CCCN1CCOCC1)[C@@H]1CC[C@H]1CN1C[C@@]3(CCCc4cc(Cl)ccc43)COc3ccc(cc31)C(=O)NS2(=O)=O. The molecule has 3 aliphatic heterocycles. The van der Waals surface area contributed by atoms with E-state index in [4.69, 9.17) is 21.1 Å². The molecule has 3 aliphatic carbocycles. The first-order chi connectivity index (χ1) is 24.5. The Morgan fingerprint density at radius 3 is 2.73 bits per heavy atom. The average Bonchev–Trinajstić information content (AvgIpc) is 3.81. The second-order valence-electron chi connectivity index (χ2n) is 16.2. The molecule has 0 unspecified atom stereocenters. The highest BCUT2D eigenvalue weighted by Gasteiger charge is 2.60. The molecule has 2 aromatic carbocycles. The molecule has 1 saturated heterocycles. The molecule has 11 heteroatoms. The van der Waals surface area contributed by atoms with Crippen LogP contribution in [0, 0.1) is 29.6 Å². The fourth-order valence-electron chi connectivity index (χ4n) is 9.63. The Morgan fingerprint density at radius 1 is 1.08 bits per heavy atom. The third-order valence-electron chi connectivity index (χ3n) is 13.1. The van der Waals surface area contributed by atoms with Gasteiger partial charge in [-0.15, -0.1) is 0 Å². The van der Waals surface area contributed by atoms with Crippen LogP contribution in [0.1, 0.15) is 86.2 Å². The smallest absolute Gasteiger partial charge is 0.264 e. The van der Waals surface area contributed by atoms with Crippen LogP contribution < -0.4 is 14.4 Å². The van der Waals surface area contributed by atoms with E-state index in [-0.39, 0.29) is 23.2 Å². The van der Waals surface area contributed by atoms with Crippen molar-refractivity contribution in [1.82, 2.24) is 9.62 Å². The number of nitrogens with zero attached hydrogens (tertiary/aromatic N) is 2. The van der Waals surface area contributed by atoms with Gasteiger partial charge < -0.3 is 19.5 Å². The zero-order chi connectivity index (χ0) is 35.4. The number of fused-ring (bicyclic) bond motifs is 5. The van der Waals surface area contributed by atoms with Crippen LogP contribution in [0.3, 0.4) is 0 Å². The van der Waals surface area contributed by atoms with Gasteiger partial charge in [-0.25, -0.2) is 13.1 Å². The molecule has 51 heavy (non-hydrogen) atoms. The monoisotopic (exact) mass is 735 g/mol. The van der Waals surface area contributed by atoms with Gasteiger partial charge in [-0.3, -0.25) is 9.69 Å². The number of halogens is 1. The van der Waals surface area contributed by atoms with E-state index >= 15 is 0 Å². The van der Waals surface area contributed by atoms with Crippen molar-refractivity contribution < 1.29 is 27.8 Å². The highest BCUT2D eigenvalue weighted by atomic mass is 35.5. The second kappa shape index (κ2) is 13.6. The third-order valence-corrected chi connectivity index (χ3v) is 15.5. The number of nitrogens with one attached hydrogen (secondary N) is 1. The molecular weight excluding hydrogens is 686 g/mol. The van der Waals surface area contributed by atoms with Crippen LogP contribution in [-0.4, -0.2) is 87.2 Å². The number of rotatable bonds is 2. The number of aryl methyl sites for hydroxylation is 1. The Kier molecular flexibility index (Phi) is 9.36. The van der Waals surface area contributed by atoms with Crippen LogP contribution in [0.5, 0.6) is 5.75 Å². The molecular formula is C40H50ClN3O6S. The van der Waals surface area contributed by atoms with Gasteiger partial charge in [-0.1, -0.05) is 29.5 Å². The van der Waals surface area contributed by atoms with E-state index < -0.39 is 26.3 Å². The van der Waals surface area contributed by atoms with Crippen LogP contribution in [0.4, 0.5) is 5.69 Å². The Bertz CT molecular complexity index is 1860. The van der Waals surface area contributed by atoms with Gasteiger partial charge in [-0.05, 0) is 118 Å². The van der Waals surface area contributed by atoms with Gasteiger partial charge in [0.25, 0.3) is 5.91 Å². The average molecular weight is 736 g/mol. The van der Waals surface area contributed by atoms with Gasteiger partial charge >= 0.3 is 0 Å². The lowest BCUT2D eigenvalue weighted by Gasteiger charge is -2.48. The summed E-state index contributed by atoms with van der Waals surface area (Å²) in [7, 11) is -3.94. The second-order valence-corrected chi connectivity index (χ2v) is 18.8. The van der Waals surface area contributed by atoms with Crippen LogP contribution in [0.2, 0.25) is 5.02 Å². The fourth-order valence-corrected chi connectivity index (χ4v) is 11.4. The quantitative estimate of drug-likeness (QED) is 0.400. The highest BCUT2D eigenvalue weighted by Crippen LogP contribution is 2.54. The molecule has 3 heterocycles. The van der Waals surface area contributed by atoms with E-state index in [0.29, 0.717) is 63.1 Å². The summed E-state index contributed by atoms with van der Waals surface area (Å²) in [6.45, 7) is 7.71. The van der Waals surface area contributed by atoms with Gasteiger partial charge in [0, 0.05) is 61.1 Å². The number of aliphatic hydroxyl groups is 1. The maximum Gasteiger partial charge on any atom is 0.264 e. The molecule has 274 valence electrons. The van der Waals surface area contributed by atoms with Crippen molar-refractivity contribution in [2.75, 3.05) is 57.4 Å². The topological polar surface area (TPSA) is 108 Å². The number of hydrogen-bond acceptors (Lipinski definition) is 8. The molecule has 1 amide bonds. The number of carbonyl (C=O) groups excluding carboxylic acids is 1. The molecule has 6 atom stereocenters. The maximum absolute atomic E-state index is 13.6.